The van der Waals surface area contributed by atoms with Gasteiger partial charge in [-0.05, 0) is 154 Å². The third kappa shape index (κ3) is 9.85. The highest BCUT2D eigenvalue weighted by atomic mass is 79.9. The van der Waals surface area contributed by atoms with E-state index < -0.39 is 10.8 Å². The van der Waals surface area contributed by atoms with Crippen LogP contribution in [0.3, 0.4) is 0 Å². The normalized spacial score (nSPS) is 13.9. The predicted molar refractivity (Wildman–Crippen MR) is 306 cm³/mol. The Morgan fingerprint density at radius 3 is 0.870 bits per heavy atom. The largest absolute Gasteiger partial charge is 0.134 e. The SMILES string of the molecule is CCCCCCc1ccc(C2(c3ccc(CCCCCC)cc3)c3cc(Br)ccc3-c3sc4c(c32)C(c2ccc(CCCCCC)cc2)(c2ccc(CCCCCC)cc2)c2cc(Br)ccc2-4)cc1. The maximum atomic E-state index is 4.05. The Morgan fingerprint density at radius 1 is 0.333 bits per heavy atom. The van der Waals surface area contributed by atoms with Gasteiger partial charge in [0.1, 0.15) is 0 Å². The van der Waals surface area contributed by atoms with E-state index in [4.69, 9.17) is 0 Å². The first-order valence-electron chi connectivity index (χ1n) is 27.0. The average Bonchev–Trinajstić information content (AvgIpc) is 3.99. The van der Waals surface area contributed by atoms with Gasteiger partial charge >= 0.3 is 0 Å². The van der Waals surface area contributed by atoms with Gasteiger partial charge in [0.15, 0.2) is 0 Å². The summed E-state index contributed by atoms with van der Waals surface area (Å²) in [5, 5.41) is 0. The molecule has 1 heterocycles. The van der Waals surface area contributed by atoms with Crippen molar-refractivity contribution in [3.05, 3.63) is 209 Å². The molecule has 0 amide bonds. The number of hydrogen-bond acceptors (Lipinski definition) is 1. The number of benzene rings is 6. The molecule has 0 bridgehead atoms. The number of fused-ring (bicyclic) bond motifs is 7. The second kappa shape index (κ2) is 23.0. The molecule has 69 heavy (non-hydrogen) atoms. The highest BCUT2D eigenvalue weighted by Gasteiger charge is 2.57. The highest BCUT2D eigenvalue weighted by molar-refractivity contribution is 9.10. The summed E-state index contributed by atoms with van der Waals surface area (Å²) in [5.41, 5.74) is 18.4. The van der Waals surface area contributed by atoms with E-state index in [0.29, 0.717) is 0 Å². The van der Waals surface area contributed by atoms with Crippen LogP contribution < -0.4 is 0 Å². The molecule has 0 nitrogen and oxygen atoms in total. The molecule has 0 saturated heterocycles. The van der Waals surface area contributed by atoms with Gasteiger partial charge in [0.25, 0.3) is 0 Å². The second-order valence-corrected chi connectivity index (χ2v) is 23.3. The minimum Gasteiger partial charge on any atom is -0.134 e. The average molecular weight is 1060 g/mol. The molecule has 2 aliphatic carbocycles. The first kappa shape index (κ1) is 49.9. The number of rotatable bonds is 24. The molecule has 0 radical (unpaired) electrons. The van der Waals surface area contributed by atoms with Crippen molar-refractivity contribution in [2.45, 2.75) is 167 Å². The molecule has 0 fully saturated rings. The van der Waals surface area contributed by atoms with Crippen molar-refractivity contribution in [3.63, 3.8) is 0 Å². The second-order valence-electron chi connectivity index (χ2n) is 20.4. The van der Waals surface area contributed by atoms with Crippen LogP contribution in [0.15, 0.2) is 142 Å². The lowest BCUT2D eigenvalue weighted by molar-refractivity contribution is 0.664. The smallest absolute Gasteiger partial charge is 0.0725 e. The fourth-order valence-electron chi connectivity index (χ4n) is 12.1. The fourth-order valence-corrected chi connectivity index (χ4v) is 14.3. The lowest BCUT2D eigenvalue weighted by Gasteiger charge is -2.40. The third-order valence-corrected chi connectivity index (χ3v) is 18.0. The summed E-state index contributed by atoms with van der Waals surface area (Å²) in [6.45, 7) is 9.23. The summed E-state index contributed by atoms with van der Waals surface area (Å²) in [4.78, 5) is 2.82. The summed E-state index contributed by atoms with van der Waals surface area (Å²) in [6, 6.07) is 54.1. The van der Waals surface area contributed by atoms with Crippen LogP contribution in [0.2, 0.25) is 0 Å². The Morgan fingerprint density at radius 2 is 0.609 bits per heavy atom. The van der Waals surface area contributed by atoms with Gasteiger partial charge in [-0.25, -0.2) is 0 Å². The van der Waals surface area contributed by atoms with Gasteiger partial charge in [-0.2, -0.15) is 0 Å². The van der Waals surface area contributed by atoms with Crippen molar-refractivity contribution in [2.24, 2.45) is 0 Å². The topological polar surface area (TPSA) is 0 Å². The van der Waals surface area contributed by atoms with E-state index in [2.05, 4.69) is 193 Å². The Kier molecular flexibility index (Phi) is 16.7. The van der Waals surface area contributed by atoms with Gasteiger partial charge in [0, 0.05) is 18.7 Å². The van der Waals surface area contributed by atoms with E-state index in [0.717, 1.165) is 34.6 Å². The fraction of sp³-hybridized carbons (Fsp3) is 0.394. The zero-order valence-electron chi connectivity index (χ0n) is 42.0. The van der Waals surface area contributed by atoms with E-state index in [1.807, 2.05) is 11.3 Å². The van der Waals surface area contributed by atoms with Crippen molar-refractivity contribution >= 4 is 43.2 Å². The monoisotopic (exact) mass is 1060 g/mol. The number of unbranched alkanes of at least 4 members (excludes halogenated alkanes) is 12. The van der Waals surface area contributed by atoms with Gasteiger partial charge in [-0.15, -0.1) is 11.3 Å². The summed E-state index contributed by atoms with van der Waals surface area (Å²) < 4.78 is 2.25. The molecule has 1 aromatic heterocycles. The minimum atomic E-state index is -0.566. The third-order valence-electron chi connectivity index (χ3n) is 15.7. The van der Waals surface area contributed by atoms with E-state index in [9.17, 15) is 0 Å². The van der Waals surface area contributed by atoms with Gasteiger partial charge in [-0.1, -0.05) is 246 Å². The number of halogens is 2. The van der Waals surface area contributed by atoms with Crippen LogP contribution in [0.4, 0.5) is 0 Å². The van der Waals surface area contributed by atoms with Gasteiger partial charge < -0.3 is 0 Å². The molecule has 3 heteroatoms. The van der Waals surface area contributed by atoms with Gasteiger partial charge in [0.05, 0.1) is 10.8 Å². The van der Waals surface area contributed by atoms with Crippen molar-refractivity contribution in [3.8, 4) is 20.9 Å². The first-order valence-corrected chi connectivity index (χ1v) is 29.4. The summed E-state index contributed by atoms with van der Waals surface area (Å²) in [6.07, 6.45) is 24.8. The Hall–Kier alpha value is -4.02. The quantitative estimate of drug-likeness (QED) is 0.0529. The molecule has 9 rings (SSSR count). The van der Waals surface area contributed by atoms with Gasteiger partial charge in [-0.3, -0.25) is 0 Å². The van der Waals surface area contributed by atoms with E-state index in [1.165, 1.54) is 190 Å². The first-order chi connectivity index (χ1) is 33.9. The Bertz CT molecular complexity index is 2470. The van der Waals surface area contributed by atoms with E-state index in [1.54, 1.807) is 0 Å². The number of hydrogen-bond donors (Lipinski definition) is 0. The lowest BCUT2D eigenvalue weighted by atomic mass is 9.61. The zero-order valence-corrected chi connectivity index (χ0v) is 46.0. The minimum absolute atomic E-state index is 0.566. The summed E-state index contributed by atoms with van der Waals surface area (Å²) in [5.74, 6) is 0. The van der Waals surface area contributed by atoms with Crippen LogP contribution in [-0.2, 0) is 36.5 Å². The van der Waals surface area contributed by atoms with Crippen LogP contribution in [0.5, 0.6) is 0 Å². The molecule has 0 N–H and O–H groups in total. The molecule has 2 aliphatic rings. The molecule has 358 valence electrons. The van der Waals surface area contributed by atoms with Crippen molar-refractivity contribution < 1.29 is 0 Å². The molecule has 0 saturated carbocycles. The maximum absolute atomic E-state index is 4.05. The van der Waals surface area contributed by atoms with E-state index >= 15 is 0 Å². The molecular formula is C66H74Br2S. The van der Waals surface area contributed by atoms with Crippen molar-refractivity contribution in [2.75, 3.05) is 0 Å². The van der Waals surface area contributed by atoms with Crippen molar-refractivity contribution in [1.29, 1.82) is 0 Å². The molecule has 0 unspecified atom stereocenters. The summed E-state index contributed by atoms with van der Waals surface area (Å²) >= 11 is 10.1. The van der Waals surface area contributed by atoms with Crippen LogP contribution in [-0.4, -0.2) is 0 Å². The molecule has 0 spiro atoms. The number of aryl methyl sites for hydroxylation is 4. The molecular weight excluding hydrogens is 985 g/mol. The lowest BCUT2D eigenvalue weighted by Crippen LogP contribution is -2.35. The Labute approximate surface area is 437 Å². The predicted octanol–water partition coefficient (Wildman–Crippen LogP) is 20.5. The standard InChI is InChI=1S/C66H74Br2S/c1-5-9-13-17-21-47-25-33-51(34-26-47)65(52-35-27-48(28-36-52)22-18-14-10-6-2)59-45-55(67)41-43-57(59)63-61(65)62-64(69-63)58-44-42-56(68)46-60(58)66(62,53-37-29-49(30-38-53)23-19-15-11-7-3)54-39-31-50(32-40-54)24-20-16-12-8-4/h25-46H,5-24H2,1-4H3. The zero-order chi connectivity index (χ0) is 47.8. The molecule has 7 aromatic rings. The van der Waals surface area contributed by atoms with Crippen LogP contribution in [0, 0.1) is 0 Å². The number of thiophene rings is 1. The molecule has 0 aliphatic heterocycles. The van der Waals surface area contributed by atoms with Crippen LogP contribution >= 0.6 is 43.2 Å². The Balaban J connectivity index is 1.32. The maximum Gasteiger partial charge on any atom is 0.0725 e. The summed E-state index contributed by atoms with van der Waals surface area (Å²) in [7, 11) is 0. The van der Waals surface area contributed by atoms with Crippen molar-refractivity contribution in [1.82, 2.24) is 0 Å². The molecule has 0 atom stereocenters. The van der Waals surface area contributed by atoms with Crippen LogP contribution in [0.25, 0.3) is 20.9 Å². The highest BCUT2D eigenvalue weighted by Crippen LogP contribution is 2.69. The molecule has 6 aromatic carbocycles. The van der Waals surface area contributed by atoms with E-state index in [-0.39, 0.29) is 0 Å². The van der Waals surface area contributed by atoms with Crippen LogP contribution in [0.1, 0.15) is 197 Å². The van der Waals surface area contributed by atoms with Gasteiger partial charge in [0.2, 0.25) is 0 Å².